The maximum atomic E-state index is 10.0. The second-order valence-electron chi connectivity index (χ2n) is 4.23. The van der Waals surface area contributed by atoms with Crippen molar-refractivity contribution in [3.8, 4) is 0 Å². The first-order chi connectivity index (χ1) is 9.89. The fraction of sp³-hybridized carbons (Fsp3) is 0.571. The van der Waals surface area contributed by atoms with Crippen LogP contribution in [0.3, 0.4) is 0 Å². The maximum absolute atomic E-state index is 10.0. The van der Waals surface area contributed by atoms with Gasteiger partial charge in [0.05, 0.1) is 6.42 Å². The van der Waals surface area contributed by atoms with Crippen molar-refractivity contribution in [1.82, 2.24) is 0 Å². The summed E-state index contributed by atoms with van der Waals surface area (Å²) < 4.78 is 8.91. The number of Topliss-reactive ketones (excluding diaryl/α,β-unsaturated/α-hetero) is 2. The Labute approximate surface area is 140 Å². The van der Waals surface area contributed by atoms with Crippen molar-refractivity contribution in [2.75, 3.05) is 6.79 Å². The van der Waals surface area contributed by atoms with Gasteiger partial charge in [-0.2, -0.15) is 0 Å². The predicted molar refractivity (Wildman–Crippen MR) is 84.5 cm³/mol. The molecule has 0 aromatic carbocycles. The lowest BCUT2D eigenvalue weighted by Gasteiger charge is -1.99. The third-order valence-corrected chi connectivity index (χ3v) is 2.16. The lowest BCUT2D eigenvalue weighted by Crippen LogP contribution is -2.07. The smallest absolute Gasteiger partial charge is 0.305 e. The van der Waals surface area contributed by atoms with Gasteiger partial charge in [-0.05, 0) is 33.3 Å². The Hall–Kier alpha value is -1.40. The number of halogens is 2. The largest absolute Gasteiger partial charge is 0.428 e. The van der Waals surface area contributed by atoms with Gasteiger partial charge >= 0.3 is 11.9 Å². The van der Waals surface area contributed by atoms with Crippen LogP contribution in [-0.4, -0.2) is 30.3 Å². The van der Waals surface area contributed by atoms with Crippen LogP contribution in [0, 0.1) is 0 Å². The van der Waals surface area contributed by atoms with Gasteiger partial charge in [-0.3, -0.25) is 19.2 Å². The van der Waals surface area contributed by atoms with Gasteiger partial charge in [-0.25, -0.2) is 0 Å². The Kier molecular flexibility index (Phi) is 18.6. The Morgan fingerprint density at radius 1 is 0.727 bits per heavy atom. The van der Waals surface area contributed by atoms with Crippen LogP contribution < -0.4 is 0 Å². The zero-order valence-corrected chi connectivity index (χ0v) is 15.1. The molecule has 0 aliphatic carbocycles. The number of ketones is 2. The fourth-order valence-electron chi connectivity index (χ4n) is 0.546. The number of carbonyl (C=O) groups is 4. The van der Waals surface area contributed by atoms with Gasteiger partial charge in [0.1, 0.15) is 16.1 Å². The molecule has 0 unspecified atom stereocenters. The van der Waals surface area contributed by atoms with Crippen LogP contribution in [0.4, 0.5) is 0 Å². The zero-order chi connectivity index (χ0) is 18.3. The first kappa shape index (κ1) is 25.5. The third-order valence-electron chi connectivity index (χ3n) is 1.40. The van der Waals surface area contributed by atoms with Gasteiger partial charge in [0.2, 0.25) is 6.79 Å². The highest BCUT2D eigenvalue weighted by atomic mass is 35.5. The molecule has 0 fully saturated rings. The molecule has 22 heavy (non-hydrogen) atoms. The molecule has 0 heterocycles. The molecule has 0 atom stereocenters. The first-order valence-electron chi connectivity index (χ1n) is 6.14. The maximum Gasteiger partial charge on any atom is 0.305 e. The molecule has 0 saturated heterocycles. The van der Waals surface area contributed by atoms with Gasteiger partial charge in [-0.15, -0.1) is 0 Å². The summed E-state index contributed by atoms with van der Waals surface area (Å²) in [5.41, 5.74) is 0.957. The van der Waals surface area contributed by atoms with Crippen molar-refractivity contribution < 1.29 is 28.7 Å². The van der Waals surface area contributed by atoms with E-state index in [-0.39, 0.29) is 24.8 Å². The van der Waals surface area contributed by atoms with Crippen LogP contribution in [0.15, 0.2) is 10.1 Å². The molecule has 0 aliphatic heterocycles. The minimum atomic E-state index is -0.462. The van der Waals surface area contributed by atoms with E-state index in [2.05, 4.69) is 9.47 Å². The van der Waals surface area contributed by atoms with E-state index in [9.17, 15) is 19.2 Å². The van der Waals surface area contributed by atoms with Gasteiger partial charge in [0.25, 0.3) is 0 Å². The van der Waals surface area contributed by atoms with Crippen molar-refractivity contribution in [1.29, 1.82) is 0 Å². The molecule has 0 bridgehead atoms. The van der Waals surface area contributed by atoms with Gasteiger partial charge < -0.3 is 9.47 Å². The number of carbonyl (C=O) groups excluding carboxylic acids is 4. The molecule has 8 heteroatoms. The van der Waals surface area contributed by atoms with E-state index >= 15 is 0 Å². The molecule has 128 valence electrons. The number of allylic oxidation sites excluding steroid dienone is 1. The van der Waals surface area contributed by atoms with Crippen LogP contribution in [0.5, 0.6) is 0 Å². The van der Waals surface area contributed by atoms with Crippen molar-refractivity contribution in [3.63, 3.8) is 0 Å². The summed E-state index contributed by atoms with van der Waals surface area (Å²) in [4.78, 5) is 40.1. The van der Waals surface area contributed by atoms with Crippen LogP contribution in [0.1, 0.15) is 48.0 Å². The number of hydrogen-bond acceptors (Lipinski definition) is 6. The average molecular weight is 357 g/mol. The normalized spacial score (nSPS) is 8.18. The molecule has 0 aromatic rings. The van der Waals surface area contributed by atoms with Crippen LogP contribution >= 0.6 is 23.2 Å². The molecule has 0 N–H and O–H groups in total. The molecule has 0 aromatic heterocycles. The van der Waals surface area contributed by atoms with Gasteiger partial charge in [-0.1, -0.05) is 23.2 Å². The van der Waals surface area contributed by atoms with E-state index in [0.717, 1.165) is 5.57 Å². The predicted octanol–water partition coefficient (Wildman–Crippen LogP) is 3.34. The minimum Gasteiger partial charge on any atom is -0.428 e. The summed E-state index contributed by atoms with van der Waals surface area (Å²) in [5.74, 6) is -1.05. The monoisotopic (exact) mass is 356 g/mol. The molecule has 6 nitrogen and oxygen atoms in total. The lowest BCUT2D eigenvalue weighted by atomic mass is 10.2. The summed E-state index contributed by atoms with van der Waals surface area (Å²) >= 11 is 10.5. The standard InChI is InChI=1S/C5H8O4.C5H8O2.C4H6Cl2/c1-4(6)8-3-9-5(2)7;1-4(6)3-5(2)7;1-3(2)4(5)6/h3H2,1-2H3;3H2,1-2H3;1-2H3. The molecule has 0 radical (unpaired) electrons. The van der Waals surface area contributed by atoms with Gasteiger partial charge in [0.15, 0.2) is 0 Å². The fourth-order valence-corrected chi connectivity index (χ4v) is 0.546. The van der Waals surface area contributed by atoms with Crippen molar-refractivity contribution >= 4 is 46.7 Å². The van der Waals surface area contributed by atoms with E-state index < -0.39 is 11.9 Å². The summed E-state index contributed by atoms with van der Waals surface area (Å²) in [6, 6.07) is 0. The molecule has 0 amide bonds. The average Bonchev–Trinajstić information content (AvgIpc) is 2.27. The second-order valence-corrected chi connectivity index (χ2v) is 5.18. The lowest BCUT2D eigenvalue weighted by molar-refractivity contribution is -0.164. The van der Waals surface area contributed by atoms with Crippen LogP contribution in [0.2, 0.25) is 0 Å². The van der Waals surface area contributed by atoms with Gasteiger partial charge in [0, 0.05) is 13.8 Å². The molecule has 0 rings (SSSR count). The number of ether oxygens (including phenoxy) is 2. The first-order valence-corrected chi connectivity index (χ1v) is 6.89. The minimum absolute atomic E-state index is 0.0625. The van der Waals surface area contributed by atoms with E-state index in [1.807, 2.05) is 13.8 Å². The third kappa shape index (κ3) is 36.3. The highest BCUT2D eigenvalue weighted by Crippen LogP contribution is 2.11. The van der Waals surface area contributed by atoms with E-state index in [1.54, 1.807) is 0 Å². The van der Waals surface area contributed by atoms with Crippen LogP contribution in [0.25, 0.3) is 0 Å². The van der Waals surface area contributed by atoms with E-state index in [0.29, 0.717) is 4.49 Å². The highest BCUT2D eigenvalue weighted by Gasteiger charge is 1.95. The quantitative estimate of drug-likeness (QED) is 0.436. The molecule has 0 aliphatic rings. The summed E-state index contributed by atoms with van der Waals surface area (Å²) in [6.07, 6.45) is 0.0833. The Morgan fingerprint density at radius 2 is 1.00 bits per heavy atom. The zero-order valence-electron chi connectivity index (χ0n) is 13.6. The number of rotatable bonds is 4. The summed E-state index contributed by atoms with van der Waals surface area (Å²) in [6.45, 7) is 8.71. The molecular weight excluding hydrogens is 335 g/mol. The molecular formula is C14H22Cl2O6. The Balaban J connectivity index is -0.000000252. The van der Waals surface area contributed by atoms with Crippen LogP contribution in [-0.2, 0) is 28.7 Å². The summed E-state index contributed by atoms with van der Waals surface area (Å²) in [5, 5.41) is 0. The number of esters is 2. The summed E-state index contributed by atoms with van der Waals surface area (Å²) in [7, 11) is 0. The Bertz CT molecular complexity index is 372. The topological polar surface area (TPSA) is 86.7 Å². The van der Waals surface area contributed by atoms with Crippen molar-refractivity contribution in [3.05, 3.63) is 10.1 Å². The number of hydrogen-bond donors (Lipinski definition) is 0. The molecule has 0 spiro atoms. The second kappa shape index (κ2) is 16.0. The molecule has 0 saturated carbocycles. The SMILES string of the molecule is CC(=O)CC(C)=O.CC(=O)OCOC(C)=O.CC(C)=C(Cl)Cl. The van der Waals surface area contributed by atoms with E-state index in [4.69, 9.17) is 23.2 Å². The highest BCUT2D eigenvalue weighted by molar-refractivity contribution is 6.56. The Morgan fingerprint density at radius 3 is 1.09 bits per heavy atom. The van der Waals surface area contributed by atoms with E-state index in [1.165, 1.54) is 27.7 Å². The van der Waals surface area contributed by atoms with Crippen molar-refractivity contribution in [2.24, 2.45) is 0 Å². The van der Waals surface area contributed by atoms with Crippen molar-refractivity contribution in [2.45, 2.75) is 48.0 Å².